The fourth-order valence-electron chi connectivity index (χ4n) is 2.04. The van der Waals surface area contributed by atoms with Crippen LogP contribution in [0.1, 0.15) is 16.6 Å². The maximum atomic E-state index is 6.29. The summed E-state index contributed by atoms with van der Waals surface area (Å²) in [6, 6.07) is 16.3. The molecule has 2 N–H and O–H groups in total. The minimum atomic E-state index is -0.0592. The zero-order valence-corrected chi connectivity index (χ0v) is 12.6. The van der Waals surface area contributed by atoms with Crippen LogP contribution in [-0.2, 0) is 6.42 Å². The predicted molar refractivity (Wildman–Crippen MR) is 84.4 cm³/mol. The van der Waals surface area contributed by atoms with Gasteiger partial charge in [0.05, 0.1) is 16.3 Å². The fraction of sp³-hybridized carbons (Fsp3) is 0.133. The van der Waals surface area contributed by atoms with E-state index in [9.17, 15) is 0 Å². The Morgan fingerprint density at radius 3 is 2.63 bits per heavy atom. The predicted octanol–water partition coefficient (Wildman–Crippen LogP) is 4.30. The molecular weight excluding hydrogens is 320 g/mol. The van der Waals surface area contributed by atoms with E-state index in [-0.39, 0.29) is 6.04 Å². The van der Waals surface area contributed by atoms with E-state index in [0.29, 0.717) is 0 Å². The lowest BCUT2D eigenvalue weighted by Crippen LogP contribution is -2.13. The summed E-state index contributed by atoms with van der Waals surface area (Å²) < 4.78 is 2.30. The number of rotatable bonds is 3. The van der Waals surface area contributed by atoms with Crippen molar-refractivity contribution in [3.05, 3.63) is 63.6 Å². The molecule has 1 atom stereocenters. The normalized spacial score (nSPS) is 12.7. The molecular formula is C15H13BrN2S. The van der Waals surface area contributed by atoms with E-state index >= 15 is 0 Å². The zero-order valence-electron chi connectivity index (χ0n) is 10.2. The van der Waals surface area contributed by atoms with Crippen LogP contribution >= 0.6 is 27.3 Å². The molecule has 3 rings (SSSR count). The highest BCUT2D eigenvalue weighted by atomic mass is 79.9. The number of aromatic nitrogens is 1. The number of fused-ring (bicyclic) bond motifs is 1. The number of nitrogens with two attached hydrogens (primary N) is 1. The van der Waals surface area contributed by atoms with Gasteiger partial charge in [0.1, 0.15) is 5.01 Å². The van der Waals surface area contributed by atoms with Gasteiger partial charge >= 0.3 is 0 Å². The summed E-state index contributed by atoms with van der Waals surface area (Å²) in [4.78, 5) is 4.62. The van der Waals surface area contributed by atoms with Gasteiger partial charge in [-0.1, -0.05) is 46.3 Å². The van der Waals surface area contributed by atoms with E-state index in [0.717, 1.165) is 21.4 Å². The number of hydrogen-bond acceptors (Lipinski definition) is 3. The van der Waals surface area contributed by atoms with E-state index in [2.05, 4.69) is 33.0 Å². The van der Waals surface area contributed by atoms with Gasteiger partial charge in [-0.25, -0.2) is 4.98 Å². The summed E-state index contributed by atoms with van der Waals surface area (Å²) >= 11 is 5.24. The van der Waals surface area contributed by atoms with Crippen molar-refractivity contribution in [1.29, 1.82) is 0 Å². The minimum absolute atomic E-state index is 0.0592. The molecule has 4 heteroatoms. The van der Waals surface area contributed by atoms with E-state index in [1.165, 1.54) is 10.3 Å². The Morgan fingerprint density at radius 2 is 1.84 bits per heavy atom. The third-order valence-electron chi connectivity index (χ3n) is 3.03. The Bertz CT molecular complexity index is 675. The standard InChI is InChI=1S/C15H13BrN2S/c16-11-6-2-1-5-10(11)9-12(17)15-18-13-7-3-4-8-14(13)19-15/h1-8,12H,9,17H2. The molecule has 0 saturated carbocycles. The molecule has 0 aliphatic heterocycles. The topological polar surface area (TPSA) is 38.9 Å². The van der Waals surface area contributed by atoms with E-state index in [1.54, 1.807) is 11.3 Å². The van der Waals surface area contributed by atoms with E-state index in [4.69, 9.17) is 5.73 Å². The van der Waals surface area contributed by atoms with Crippen LogP contribution in [0.5, 0.6) is 0 Å². The van der Waals surface area contributed by atoms with Gasteiger partial charge in [0, 0.05) is 4.47 Å². The molecule has 0 aliphatic carbocycles. The van der Waals surface area contributed by atoms with Crippen molar-refractivity contribution in [1.82, 2.24) is 4.98 Å². The lowest BCUT2D eigenvalue weighted by molar-refractivity contribution is 0.715. The molecule has 0 aliphatic rings. The quantitative estimate of drug-likeness (QED) is 0.776. The Labute approximate surface area is 124 Å². The van der Waals surface area contributed by atoms with Gasteiger partial charge in [-0.3, -0.25) is 0 Å². The number of hydrogen-bond donors (Lipinski definition) is 1. The van der Waals surface area contributed by atoms with Crippen molar-refractivity contribution in [3.63, 3.8) is 0 Å². The number of benzene rings is 2. The van der Waals surface area contributed by atoms with Crippen molar-refractivity contribution >= 4 is 37.5 Å². The van der Waals surface area contributed by atoms with Crippen molar-refractivity contribution in [2.45, 2.75) is 12.5 Å². The Morgan fingerprint density at radius 1 is 1.11 bits per heavy atom. The monoisotopic (exact) mass is 332 g/mol. The highest BCUT2D eigenvalue weighted by Crippen LogP contribution is 2.28. The van der Waals surface area contributed by atoms with Gasteiger partial charge < -0.3 is 5.73 Å². The molecule has 19 heavy (non-hydrogen) atoms. The van der Waals surface area contributed by atoms with Crippen LogP contribution in [0.3, 0.4) is 0 Å². The smallest absolute Gasteiger partial charge is 0.111 e. The van der Waals surface area contributed by atoms with Crippen molar-refractivity contribution < 1.29 is 0 Å². The Kier molecular flexibility index (Phi) is 3.64. The van der Waals surface area contributed by atoms with Crippen molar-refractivity contribution in [3.8, 4) is 0 Å². The van der Waals surface area contributed by atoms with Crippen LogP contribution < -0.4 is 5.73 Å². The summed E-state index contributed by atoms with van der Waals surface area (Å²) in [5, 5.41) is 0.997. The summed E-state index contributed by atoms with van der Waals surface area (Å²) in [5.74, 6) is 0. The Balaban J connectivity index is 1.87. The number of para-hydroxylation sites is 1. The molecule has 1 heterocycles. The number of halogens is 1. The largest absolute Gasteiger partial charge is 0.322 e. The third kappa shape index (κ3) is 2.71. The second-order valence-corrected chi connectivity index (χ2v) is 6.34. The first-order valence-electron chi connectivity index (χ1n) is 6.08. The van der Waals surface area contributed by atoms with Gasteiger partial charge in [-0.2, -0.15) is 0 Å². The molecule has 0 radical (unpaired) electrons. The maximum absolute atomic E-state index is 6.29. The second-order valence-electron chi connectivity index (χ2n) is 4.42. The summed E-state index contributed by atoms with van der Waals surface area (Å²) in [6.45, 7) is 0. The van der Waals surface area contributed by atoms with Crippen LogP contribution in [0.15, 0.2) is 53.0 Å². The summed E-state index contributed by atoms with van der Waals surface area (Å²) in [5.41, 5.74) is 8.54. The molecule has 3 aromatic rings. The number of nitrogens with zero attached hydrogens (tertiary/aromatic N) is 1. The highest BCUT2D eigenvalue weighted by molar-refractivity contribution is 9.10. The molecule has 1 aromatic heterocycles. The summed E-state index contributed by atoms with van der Waals surface area (Å²) in [7, 11) is 0. The van der Waals surface area contributed by atoms with Crippen LogP contribution in [0, 0.1) is 0 Å². The third-order valence-corrected chi connectivity index (χ3v) is 4.97. The second kappa shape index (κ2) is 5.41. The molecule has 0 amide bonds. The molecule has 0 fully saturated rings. The fourth-order valence-corrected chi connectivity index (χ4v) is 3.45. The van der Waals surface area contributed by atoms with E-state index < -0.39 is 0 Å². The zero-order chi connectivity index (χ0) is 13.2. The maximum Gasteiger partial charge on any atom is 0.111 e. The SMILES string of the molecule is NC(Cc1ccccc1Br)c1nc2ccccc2s1. The van der Waals surface area contributed by atoms with Crippen LogP contribution in [0.25, 0.3) is 10.2 Å². The molecule has 96 valence electrons. The van der Waals surface area contributed by atoms with E-state index in [1.807, 2.05) is 36.4 Å². The van der Waals surface area contributed by atoms with Crippen LogP contribution in [0.2, 0.25) is 0 Å². The van der Waals surface area contributed by atoms with Gasteiger partial charge in [0.2, 0.25) is 0 Å². The molecule has 0 spiro atoms. The van der Waals surface area contributed by atoms with Crippen molar-refractivity contribution in [2.24, 2.45) is 5.73 Å². The van der Waals surface area contributed by atoms with Gasteiger partial charge in [-0.15, -0.1) is 11.3 Å². The lowest BCUT2D eigenvalue weighted by Gasteiger charge is -2.09. The number of thiazole rings is 1. The highest BCUT2D eigenvalue weighted by Gasteiger charge is 2.13. The molecule has 0 saturated heterocycles. The molecule has 1 unspecified atom stereocenters. The average molecular weight is 333 g/mol. The van der Waals surface area contributed by atoms with Crippen LogP contribution in [-0.4, -0.2) is 4.98 Å². The Hall–Kier alpha value is -1.23. The first-order valence-corrected chi connectivity index (χ1v) is 7.69. The molecule has 0 bridgehead atoms. The van der Waals surface area contributed by atoms with Gasteiger partial charge in [0.15, 0.2) is 0 Å². The van der Waals surface area contributed by atoms with Gasteiger partial charge in [-0.05, 0) is 30.2 Å². The van der Waals surface area contributed by atoms with Crippen LogP contribution in [0.4, 0.5) is 0 Å². The summed E-state index contributed by atoms with van der Waals surface area (Å²) in [6.07, 6.45) is 0.793. The minimum Gasteiger partial charge on any atom is -0.322 e. The van der Waals surface area contributed by atoms with Crippen molar-refractivity contribution in [2.75, 3.05) is 0 Å². The lowest BCUT2D eigenvalue weighted by atomic mass is 10.1. The van der Waals surface area contributed by atoms with Gasteiger partial charge in [0.25, 0.3) is 0 Å². The first kappa shape index (κ1) is 12.8. The molecule has 2 nitrogen and oxygen atoms in total. The molecule has 2 aromatic carbocycles. The average Bonchev–Trinajstić information content (AvgIpc) is 2.85. The first-order chi connectivity index (χ1) is 9.24.